The smallest absolute Gasteiger partial charge is 0.0438 e. The number of halogens is 1. The second-order valence-electron chi connectivity index (χ2n) is 5.11. The minimum atomic E-state index is 0.200. The Labute approximate surface area is 94.1 Å². The van der Waals surface area contributed by atoms with Crippen LogP contribution >= 0.6 is 15.9 Å². The summed E-state index contributed by atoms with van der Waals surface area (Å²) in [5, 5.41) is 0. The van der Waals surface area contributed by atoms with Crippen molar-refractivity contribution in [3.8, 4) is 0 Å². The third kappa shape index (κ3) is 2.00. The average molecular weight is 254 g/mol. The Morgan fingerprint density at radius 2 is 2.00 bits per heavy atom. The molecule has 2 heteroatoms. The molecule has 0 aliphatic heterocycles. The molecule has 0 unspecified atom stereocenters. The van der Waals surface area contributed by atoms with Gasteiger partial charge in [0.1, 0.15) is 0 Å². The van der Waals surface area contributed by atoms with E-state index >= 15 is 0 Å². The molecule has 76 valence electrons. The molecule has 1 heterocycles. The Kier molecular flexibility index (Phi) is 2.42. The highest BCUT2D eigenvalue weighted by atomic mass is 79.9. The van der Waals surface area contributed by atoms with Gasteiger partial charge >= 0.3 is 0 Å². The largest absolute Gasteiger partial charge is 0.260 e. The van der Waals surface area contributed by atoms with Gasteiger partial charge in [-0.25, -0.2) is 0 Å². The zero-order valence-corrected chi connectivity index (χ0v) is 10.6. The molecule has 0 spiro atoms. The minimum absolute atomic E-state index is 0.200. The van der Waals surface area contributed by atoms with E-state index in [4.69, 9.17) is 0 Å². The van der Waals surface area contributed by atoms with Gasteiger partial charge in [0.25, 0.3) is 0 Å². The van der Waals surface area contributed by atoms with Crippen molar-refractivity contribution in [2.45, 2.75) is 44.9 Å². The number of rotatable bonds is 1. The van der Waals surface area contributed by atoms with Crippen molar-refractivity contribution in [3.05, 3.63) is 28.0 Å². The predicted molar refractivity (Wildman–Crippen MR) is 62.6 cm³/mol. The minimum Gasteiger partial charge on any atom is -0.260 e. The summed E-state index contributed by atoms with van der Waals surface area (Å²) in [4.78, 5) is 4.47. The average Bonchev–Trinajstić information content (AvgIpc) is 2.85. The van der Waals surface area contributed by atoms with Crippen molar-refractivity contribution < 1.29 is 0 Å². The molecule has 0 amide bonds. The van der Waals surface area contributed by atoms with Gasteiger partial charge in [0.2, 0.25) is 0 Å². The third-order valence-corrected chi connectivity index (χ3v) is 3.31. The molecule has 1 aliphatic rings. The Bertz CT molecular complexity index is 348. The van der Waals surface area contributed by atoms with E-state index in [1.54, 1.807) is 0 Å². The van der Waals surface area contributed by atoms with E-state index in [2.05, 4.69) is 47.8 Å². The van der Waals surface area contributed by atoms with Gasteiger partial charge in [0.15, 0.2) is 0 Å². The van der Waals surface area contributed by atoms with E-state index in [-0.39, 0.29) is 5.41 Å². The third-order valence-electron chi connectivity index (χ3n) is 2.68. The molecule has 1 aliphatic carbocycles. The first-order valence-electron chi connectivity index (χ1n) is 5.14. The lowest BCUT2D eigenvalue weighted by Crippen LogP contribution is -2.12. The lowest BCUT2D eigenvalue weighted by Gasteiger charge is -2.21. The molecule has 14 heavy (non-hydrogen) atoms. The zero-order valence-electron chi connectivity index (χ0n) is 8.97. The molecule has 1 saturated carbocycles. The zero-order chi connectivity index (χ0) is 10.3. The molecule has 1 aromatic heterocycles. The van der Waals surface area contributed by atoms with E-state index in [0.717, 1.165) is 10.4 Å². The standard InChI is InChI=1S/C12H16BrN/c1-12(2,3)9-6-11(8-4-5-8)14-7-10(9)13/h6-8H,4-5H2,1-3H3. The monoisotopic (exact) mass is 253 g/mol. The fourth-order valence-electron chi connectivity index (χ4n) is 1.63. The lowest BCUT2D eigenvalue weighted by molar-refractivity contribution is 0.584. The molecule has 1 nitrogen and oxygen atoms in total. The van der Waals surface area contributed by atoms with Crippen molar-refractivity contribution in [2.24, 2.45) is 0 Å². The Morgan fingerprint density at radius 1 is 1.36 bits per heavy atom. The maximum Gasteiger partial charge on any atom is 0.0438 e. The van der Waals surface area contributed by atoms with Crippen molar-refractivity contribution in [1.29, 1.82) is 0 Å². The quantitative estimate of drug-likeness (QED) is 0.737. The molecular weight excluding hydrogens is 238 g/mol. The predicted octanol–water partition coefficient (Wildman–Crippen LogP) is 4.02. The summed E-state index contributed by atoms with van der Waals surface area (Å²) in [5.41, 5.74) is 2.85. The highest BCUT2D eigenvalue weighted by molar-refractivity contribution is 9.10. The molecular formula is C12H16BrN. The van der Waals surface area contributed by atoms with Crippen LogP contribution in [0, 0.1) is 0 Å². The second kappa shape index (κ2) is 3.34. The topological polar surface area (TPSA) is 12.9 Å². The van der Waals surface area contributed by atoms with Crippen LogP contribution in [0.5, 0.6) is 0 Å². The first-order valence-corrected chi connectivity index (χ1v) is 5.93. The number of hydrogen-bond acceptors (Lipinski definition) is 1. The second-order valence-corrected chi connectivity index (χ2v) is 5.97. The normalized spacial score (nSPS) is 17.1. The van der Waals surface area contributed by atoms with Crippen LogP contribution in [0.15, 0.2) is 16.7 Å². The van der Waals surface area contributed by atoms with E-state index in [1.165, 1.54) is 24.1 Å². The number of hydrogen-bond donors (Lipinski definition) is 0. The molecule has 0 aromatic carbocycles. The van der Waals surface area contributed by atoms with E-state index in [9.17, 15) is 0 Å². The Morgan fingerprint density at radius 3 is 2.50 bits per heavy atom. The van der Waals surface area contributed by atoms with E-state index in [0.29, 0.717) is 0 Å². The van der Waals surface area contributed by atoms with Gasteiger partial charge < -0.3 is 0 Å². The van der Waals surface area contributed by atoms with Crippen LogP contribution < -0.4 is 0 Å². The van der Waals surface area contributed by atoms with Crippen molar-refractivity contribution >= 4 is 15.9 Å². The van der Waals surface area contributed by atoms with Crippen LogP contribution in [0.3, 0.4) is 0 Å². The number of nitrogens with zero attached hydrogens (tertiary/aromatic N) is 1. The van der Waals surface area contributed by atoms with Crippen LogP contribution in [0.1, 0.15) is 50.8 Å². The van der Waals surface area contributed by atoms with Crippen LogP contribution in [0.25, 0.3) is 0 Å². The summed E-state index contributed by atoms with van der Waals surface area (Å²) >= 11 is 3.57. The Hall–Kier alpha value is -0.370. The first-order chi connectivity index (χ1) is 6.48. The van der Waals surface area contributed by atoms with Crippen molar-refractivity contribution in [2.75, 3.05) is 0 Å². The summed E-state index contributed by atoms with van der Waals surface area (Å²) in [7, 11) is 0. The summed E-state index contributed by atoms with van der Waals surface area (Å²) < 4.78 is 1.13. The van der Waals surface area contributed by atoms with Crippen LogP contribution in [-0.2, 0) is 5.41 Å². The summed E-state index contributed by atoms with van der Waals surface area (Å²) in [5.74, 6) is 0.740. The van der Waals surface area contributed by atoms with Gasteiger partial charge in [0, 0.05) is 22.3 Å². The van der Waals surface area contributed by atoms with Crippen LogP contribution in [0.4, 0.5) is 0 Å². The lowest BCUT2D eigenvalue weighted by atomic mass is 9.87. The number of pyridine rings is 1. The van der Waals surface area contributed by atoms with Gasteiger partial charge in [0.05, 0.1) is 0 Å². The summed E-state index contributed by atoms with van der Waals surface area (Å²) in [6, 6.07) is 2.27. The van der Waals surface area contributed by atoms with Crippen LogP contribution in [0.2, 0.25) is 0 Å². The van der Waals surface area contributed by atoms with Gasteiger partial charge in [-0.1, -0.05) is 20.8 Å². The SMILES string of the molecule is CC(C)(C)c1cc(C2CC2)ncc1Br. The maximum atomic E-state index is 4.47. The summed E-state index contributed by atoms with van der Waals surface area (Å²) in [6.45, 7) is 6.72. The molecule has 0 N–H and O–H groups in total. The van der Waals surface area contributed by atoms with Crippen molar-refractivity contribution in [1.82, 2.24) is 4.98 Å². The first kappa shape index (κ1) is 10.2. The maximum absolute atomic E-state index is 4.47. The Balaban J connectivity index is 2.41. The molecule has 0 bridgehead atoms. The van der Waals surface area contributed by atoms with Gasteiger partial charge in [-0.3, -0.25) is 4.98 Å². The highest BCUT2D eigenvalue weighted by Gasteiger charge is 2.27. The van der Waals surface area contributed by atoms with Gasteiger partial charge in [-0.05, 0) is 45.8 Å². The van der Waals surface area contributed by atoms with Crippen LogP contribution in [-0.4, -0.2) is 4.98 Å². The molecule has 2 rings (SSSR count). The van der Waals surface area contributed by atoms with Gasteiger partial charge in [-0.2, -0.15) is 0 Å². The van der Waals surface area contributed by atoms with Crippen molar-refractivity contribution in [3.63, 3.8) is 0 Å². The highest BCUT2D eigenvalue weighted by Crippen LogP contribution is 2.41. The fourth-order valence-corrected chi connectivity index (χ4v) is 2.44. The fraction of sp³-hybridized carbons (Fsp3) is 0.583. The molecule has 1 aromatic rings. The van der Waals surface area contributed by atoms with E-state index < -0.39 is 0 Å². The van der Waals surface area contributed by atoms with E-state index in [1.807, 2.05) is 6.20 Å². The molecule has 0 saturated heterocycles. The number of aromatic nitrogens is 1. The molecule has 0 radical (unpaired) electrons. The molecule has 0 atom stereocenters. The summed E-state index contributed by atoms with van der Waals surface area (Å²) in [6.07, 6.45) is 4.59. The molecule has 1 fully saturated rings. The van der Waals surface area contributed by atoms with Gasteiger partial charge in [-0.15, -0.1) is 0 Å².